The minimum atomic E-state index is -4.70. The smallest absolute Gasteiger partial charge is 0.419 e. The molecule has 0 N–H and O–H groups in total. The summed E-state index contributed by atoms with van der Waals surface area (Å²) in [4.78, 5) is 0. The van der Waals surface area contributed by atoms with Gasteiger partial charge in [-0.2, -0.15) is 13.2 Å². The first-order chi connectivity index (χ1) is 7.27. The molecule has 0 saturated carbocycles. The maximum atomic E-state index is 13.2. The Morgan fingerprint density at radius 3 is 2.12 bits per heavy atom. The van der Waals surface area contributed by atoms with Crippen LogP contribution < -0.4 is 4.74 Å². The second-order valence-electron chi connectivity index (χ2n) is 3.73. The Morgan fingerprint density at radius 2 is 1.75 bits per heavy atom. The Bertz CT molecular complexity index is 382. The van der Waals surface area contributed by atoms with E-state index in [2.05, 4.69) is 0 Å². The maximum absolute atomic E-state index is 13.2. The summed E-state index contributed by atoms with van der Waals surface area (Å²) >= 11 is 0. The van der Waals surface area contributed by atoms with Crippen LogP contribution in [0.3, 0.4) is 0 Å². The lowest BCUT2D eigenvalue weighted by molar-refractivity contribution is -0.140. The van der Waals surface area contributed by atoms with E-state index in [9.17, 15) is 17.6 Å². The van der Waals surface area contributed by atoms with Crippen molar-refractivity contribution in [3.63, 3.8) is 0 Å². The van der Waals surface area contributed by atoms with Gasteiger partial charge in [0.2, 0.25) is 0 Å². The predicted molar refractivity (Wildman–Crippen MR) is 52.0 cm³/mol. The van der Waals surface area contributed by atoms with Gasteiger partial charge in [0.1, 0.15) is 11.6 Å². The average molecular weight is 236 g/mol. The van der Waals surface area contributed by atoms with Crippen LogP contribution in [-0.4, -0.2) is 7.11 Å². The van der Waals surface area contributed by atoms with Crippen LogP contribution in [0.15, 0.2) is 12.1 Å². The molecule has 0 aliphatic rings. The summed E-state index contributed by atoms with van der Waals surface area (Å²) < 4.78 is 55.3. The standard InChI is InChI=1S/C11H12F4O/c1-6(2)7-4-9(12)8(11(13,14)15)5-10(7)16-3/h4-6H,1-3H3. The number of rotatable bonds is 2. The largest absolute Gasteiger partial charge is 0.496 e. The van der Waals surface area contributed by atoms with E-state index in [-0.39, 0.29) is 11.7 Å². The second kappa shape index (κ2) is 4.31. The third-order valence-electron chi connectivity index (χ3n) is 2.25. The molecule has 0 amide bonds. The molecule has 16 heavy (non-hydrogen) atoms. The molecule has 0 atom stereocenters. The van der Waals surface area contributed by atoms with Crippen molar-refractivity contribution in [1.82, 2.24) is 0 Å². The summed E-state index contributed by atoms with van der Waals surface area (Å²) in [5.41, 5.74) is -0.873. The molecule has 0 fully saturated rings. The first-order valence-corrected chi connectivity index (χ1v) is 4.72. The highest BCUT2D eigenvalue weighted by molar-refractivity contribution is 5.41. The van der Waals surface area contributed by atoms with Gasteiger partial charge in [0, 0.05) is 0 Å². The molecule has 0 bridgehead atoms. The van der Waals surface area contributed by atoms with Crippen LogP contribution in [0.1, 0.15) is 30.9 Å². The lowest BCUT2D eigenvalue weighted by Crippen LogP contribution is -2.10. The Morgan fingerprint density at radius 1 is 1.19 bits per heavy atom. The molecule has 1 rings (SSSR count). The quantitative estimate of drug-likeness (QED) is 0.706. The van der Waals surface area contributed by atoms with Gasteiger partial charge >= 0.3 is 6.18 Å². The predicted octanol–water partition coefficient (Wildman–Crippen LogP) is 3.98. The van der Waals surface area contributed by atoms with E-state index >= 15 is 0 Å². The van der Waals surface area contributed by atoms with E-state index in [1.807, 2.05) is 0 Å². The number of hydrogen-bond donors (Lipinski definition) is 0. The van der Waals surface area contributed by atoms with E-state index in [0.717, 1.165) is 6.07 Å². The topological polar surface area (TPSA) is 9.23 Å². The number of ether oxygens (including phenoxy) is 1. The number of benzene rings is 1. The molecule has 0 heterocycles. The molecular weight excluding hydrogens is 224 g/mol. The van der Waals surface area contributed by atoms with Crippen molar-refractivity contribution in [1.29, 1.82) is 0 Å². The Balaban J connectivity index is 3.37. The lowest BCUT2D eigenvalue weighted by Gasteiger charge is -2.15. The maximum Gasteiger partial charge on any atom is 0.419 e. The molecule has 1 nitrogen and oxygen atoms in total. The lowest BCUT2D eigenvalue weighted by atomic mass is 9.99. The molecule has 0 aliphatic heterocycles. The fourth-order valence-electron chi connectivity index (χ4n) is 1.41. The van der Waals surface area contributed by atoms with Gasteiger partial charge in [-0.25, -0.2) is 4.39 Å². The van der Waals surface area contributed by atoms with Crippen molar-refractivity contribution in [2.75, 3.05) is 7.11 Å². The van der Waals surface area contributed by atoms with Crippen LogP contribution in [0, 0.1) is 5.82 Å². The van der Waals surface area contributed by atoms with Crippen molar-refractivity contribution in [3.05, 3.63) is 29.1 Å². The van der Waals surface area contributed by atoms with Gasteiger partial charge in [0.25, 0.3) is 0 Å². The van der Waals surface area contributed by atoms with E-state index in [1.54, 1.807) is 13.8 Å². The van der Waals surface area contributed by atoms with Crippen LogP contribution in [-0.2, 0) is 6.18 Å². The van der Waals surface area contributed by atoms with Crippen molar-refractivity contribution in [2.24, 2.45) is 0 Å². The minimum Gasteiger partial charge on any atom is -0.496 e. The molecular formula is C11H12F4O. The van der Waals surface area contributed by atoms with E-state index in [0.29, 0.717) is 11.6 Å². The normalized spacial score (nSPS) is 12.0. The monoisotopic (exact) mass is 236 g/mol. The summed E-state index contributed by atoms with van der Waals surface area (Å²) in [6, 6.07) is 1.58. The summed E-state index contributed by atoms with van der Waals surface area (Å²) in [7, 11) is 1.26. The van der Waals surface area contributed by atoms with Crippen molar-refractivity contribution in [2.45, 2.75) is 25.9 Å². The van der Waals surface area contributed by atoms with E-state index in [1.165, 1.54) is 7.11 Å². The first kappa shape index (κ1) is 12.8. The second-order valence-corrected chi connectivity index (χ2v) is 3.73. The van der Waals surface area contributed by atoms with Crippen molar-refractivity contribution >= 4 is 0 Å². The van der Waals surface area contributed by atoms with Crippen LogP contribution in [0.25, 0.3) is 0 Å². The summed E-state index contributed by atoms with van der Waals surface area (Å²) in [6.45, 7) is 3.51. The summed E-state index contributed by atoms with van der Waals surface area (Å²) in [5, 5.41) is 0. The van der Waals surface area contributed by atoms with Gasteiger partial charge in [0.05, 0.1) is 12.7 Å². The summed E-state index contributed by atoms with van der Waals surface area (Å²) in [6.07, 6.45) is -4.70. The highest BCUT2D eigenvalue weighted by atomic mass is 19.4. The van der Waals surface area contributed by atoms with Gasteiger partial charge < -0.3 is 4.74 Å². The van der Waals surface area contributed by atoms with Crippen LogP contribution >= 0.6 is 0 Å². The summed E-state index contributed by atoms with van der Waals surface area (Å²) in [5.74, 6) is -1.31. The number of alkyl halides is 3. The first-order valence-electron chi connectivity index (χ1n) is 4.72. The Labute approximate surface area is 91.0 Å². The minimum absolute atomic E-state index is 0.0590. The highest BCUT2D eigenvalue weighted by Gasteiger charge is 2.35. The number of hydrogen-bond acceptors (Lipinski definition) is 1. The van der Waals surface area contributed by atoms with Gasteiger partial charge in [-0.05, 0) is 23.6 Å². The number of halogens is 4. The molecule has 0 spiro atoms. The molecule has 90 valence electrons. The molecule has 1 aromatic rings. The van der Waals surface area contributed by atoms with Gasteiger partial charge in [-0.3, -0.25) is 0 Å². The molecule has 0 saturated heterocycles. The molecule has 0 unspecified atom stereocenters. The van der Waals surface area contributed by atoms with Crippen LogP contribution in [0.5, 0.6) is 5.75 Å². The van der Waals surface area contributed by atoms with Crippen molar-refractivity contribution in [3.8, 4) is 5.75 Å². The molecule has 0 aromatic heterocycles. The highest BCUT2D eigenvalue weighted by Crippen LogP contribution is 2.37. The van der Waals surface area contributed by atoms with E-state index in [4.69, 9.17) is 4.74 Å². The SMILES string of the molecule is COc1cc(C(F)(F)F)c(F)cc1C(C)C. The Kier molecular flexibility index (Phi) is 3.45. The van der Waals surface area contributed by atoms with Gasteiger partial charge in [-0.15, -0.1) is 0 Å². The van der Waals surface area contributed by atoms with Crippen LogP contribution in [0.4, 0.5) is 17.6 Å². The Hall–Kier alpha value is -1.26. The fraction of sp³-hybridized carbons (Fsp3) is 0.455. The van der Waals surface area contributed by atoms with Crippen LogP contribution in [0.2, 0.25) is 0 Å². The third-order valence-corrected chi connectivity index (χ3v) is 2.25. The van der Waals surface area contributed by atoms with Gasteiger partial charge in [0.15, 0.2) is 0 Å². The third kappa shape index (κ3) is 2.46. The molecule has 0 aliphatic carbocycles. The average Bonchev–Trinajstić information content (AvgIpc) is 2.15. The zero-order chi connectivity index (χ0) is 12.5. The van der Waals surface area contributed by atoms with Gasteiger partial charge in [-0.1, -0.05) is 13.8 Å². The molecule has 5 heteroatoms. The zero-order valence-corrected chi connectivity index (χ0v) is 9.15. The van der Waals surface area contributed by atoms with Crippen molar-refractivity contribution < 1.29 is 22.3 Å². The fourth-order valence-corrected chi connectivity index (χ4v) is 1.41. The molecule has 0 radical (unpaired) electrons. The van der Waals surface area contributed by atoms with E-state index < -0.39 is 17.6 Å². The number of methoxy groups -OCH3 is 1. The molecule has 1 aromatic carbocycles. The zero-order valence-electron chi connectivity index (χ0n) is 9.15.